The molecular formula is C13H11N2O4PoS. The molecule has 1 aromatic carbocycles. The predicted octanol–water partition coefficient (Wildman–Crippen LogP) is 2.66. The van der Waals surface area contributed by atoms with Crippen molar-refractivity contribution in [3.8, 4) is 10.6 Å². The van der Waals surface area contributed by atoms with Crippen molar-refractivity contribution in [3.63, 3.8) is 0 Å². The summed E-state index contributed by atoms with van der Waals surface area (Å²) in [6.07, 6.45) is 0. The summed E-state index contributed by atoms with van der Waals surface area (Å²) >= 11 is 2.60. The van der Waals surface area contributed by atoms with Gasteiger partial charge in [0.15, 0.2) is 0 Å². The Bertz CT molecular complexity index is 669. The van der Waals surface area contributed by atoms with Crippen LogP contribution < -0.4 is 0 Å². The molecule has 0 saturated heterocycles. The zero-order valence-electron chi connectivity index (χ0n) is 11.1. The second-order valence-electron chi connectivity index (χ2n) is 4.14. The van der Waals surface area contributed by atoms with Crippen molar-refractivity contribution in [1.29, 1.82) is 0 Å². The Balaban J connectivity index is 2.17. The molecule has 0 unspecified atom stereocenters. The Morgan fingerprint density at radius 2 is 2.10 bits per heavy atom. The molecule has 0 aliphatic carbocycles. The fourth-order valence-corrected chi connectivity index (χ4v) is 2.90. The molecule has 0 N–H and O–H groups in total. The summed E-state index contributed by atoms with van der Waals surface area (Å²) in [6.45, 7) is 2.08. The van der Waals surface area contributed by atoms with Crippen LogP contribution in [0.25, 0.3) is 10.6 Å². The molecular weight excluding hydrogens is 489 g/mol. The van der Waals surface area contributed by atoms with Crippen LogP contribution in [0.3, 0.4) is 0 Å². The molecule has 0 fully saturated rings. The number of carbonyl (C=O) groups excluding carboxylic acids is 1. The number of nitrogens with zero attached hydrogens (tertiary/aromatic N) is 2. The number of nitro benzene ring substituents is 1. The van der Waals surface area contributed by atoms with Crippen LogP contribution >= 0.6 is 11.3 Å². The van der Waals surface area contributed by atoms with Gasteiger partial charge < -0.3 is 0 Å². The van der Waals surface area contributed by atoms with Crippen LogP contribution in [-0.2, 0) is 16.1 Å². The summed E-state index contributed by atoms with van der Waals surface area (Å²) in [6, 6.07) is 6.24. The molecule has 0 aliphatic rings. The number of ether oxygens (including phenoxy) is 1. The quantitative estimate of drug-likeness (QED) is 0.358. The van der Waals surface area contributed by atoms with E-state index in [2.05, 4.69) is 4.98 Å². The minimum atomic E-state index is -0.436. The topological polar surface area (TPSA) is 82.3 Å². The number of hydrogen-bond acceptors (Lipinski definition) is 6. The molecule has 8 heteroatoms. The summed E-state index contributed by atoms with van der Waals surface area (Å²) in [4.78, 5) is 26.7. The predicted molar refractivity (Wildman–Crippen MR) is 79.3 cm³/mol. The zero-order valence-corrected chi connectivity index (χ0v) is 15.1. The van der Waals surface area contributed by atoms with Gasteiger partial charge >= 0.3 is 131 Å². The van der Waals surface area contributed by atoms with E-state index in [1.165, 1.54) is 48.5 Å². The van der Waals surface area contributed by atoms with E-state index in [9.17, 15) is 14.9 Å². The number of non-ortho nitro benzene ring substituents is 1. The molecule has 109 valence electrons. The van der Waals surface area contributed by atoms with E-state index in [0.29, 0.717) is 4.08 Å². The first-order valence-corrected chi connectivity index (χ1v) is 9.02. The maximum atomic E-state index is 11.2. The zero-order chi connectivity index (χ0) is 15.4. The average molecular weight is 500 g/mol. The van der Waals surface area contributed by atoms with E-state index < -0.39 is 4.92 Å². The van der Waals surface area contributed by atoms with Gasteiger partial charge in [0.05, 0.1) is 0 Å². The molecule has 2 aromatic rings. The number of rotatable bonds is 5. The van der Waals surface area contributed by atoms with Crippen molar-refractivity contribution in [2.24, 2.45) is 0 Å². The summed E-state index contributed by atoms with van der Waals surface area (Å²) < 4.78 is 5.54. The van der Waals surface area contributed by atoms with Gasteiger partial charge in [-0.1, -0.05) is 0 Å². The van der Waals surface area contributed by atoms with E-state index in [-0.39, 0.29) is 18.3 Å². The molecule has 0 amide bonds. The van der Waals surface area contributed by atoms with Crippen LogP contribution in [0.1, 0.15) is 10.6 Å². The van der Waals surface area contributed by atoms with Crippen LogP contribution in [0.15, 0.2) is 24.3 Å². The third kappa shape index (κ3) is 4.05. The first kappa shape index (κ1) is 16.0. The Morgan fingerprint density at radius 3 is 2.67 bits per heavy atom. The summed E-state index contributed by atoms with van der Waals surface area (Å²) in [7, 11) is 0. The van der Waals surface area contributed by atoms with Crippen molar-refractivity contribution in [3.05, 3.63) is 45.0 Å². The van der Waals surface area contributed by atoms with Crippen LogP contribution in [-0.4, -0.2) is 40.9 Å². The average Bonchev–Trinajstić information content (AvgIpc) is 2.86. The molecule has 0 bridgehead atoms. The molecule has 0 atom stereocenters. The number of carbonyl (C=O) groups is 1. The van der Waals surface area contributed by atoms with Gasteiger partial charge in [-0.2, -0.15) is 0 Å². The van der Waals surface area contributed by atoms with Crippen LogP contribution in [0, 0.1) is 17.0 Å². The fourth-order valence-electron chi connectivity index (χ4n) is 1.60. The number of hydrogen-bond donors (Lipinski definition) is 0. The second kappa shape index (κ2) is 7.05. The van der Waals surface area contributed by atoms with Gasteiger partial charge in [-0.3, -0.25) is 10.1 Å². The number of esters is 1. The van der Waals surface area contributed by atoms with Gasteiger partial charge in [0, 0.05) is 0 Å². The Hall–Kier alpha value is -1.38. The molecule has 2 rings (SSSR count). The molecule has 1 radical (unpaired) electrons. The van der Waals surface area contributed by atoms with E-state index >= 15 is 0 Å². The molecule has 0 aliphatic heterocycles. The second-order valence-corrected chi connectivity index (χ2v) is 6.34. The molecule has 0 saturated carbocycles. The monoisotopic (exact) mass is 500 g/mol. The van der Waals surface area contributed by atoms with Gasteiger partial charge in [0.1, 0.15) is 0 Å². The normalized spacial score (nSPS) is 10.4. The number of aryl methyl sites for hydroxylation is 1. The standard InChI is InChI=1S/C13H11N2O4S.Po/c1-8-12(7-19-9(2)16)20-13(14-8)10-3-5-11(6-4-10)15(17)18;/h3-6H,2,7H2,1H3;. The van der Waals surface area contributed by atoms with Crippen molar-refractivity contribution in [2.45, 2.75) is 17.6 Å². The first-order chi connectivity index (χ1) is 10.0. The van der Waals surface area contributed by atoms with Crippen molar-refractivity contribution in [2.75, 3.05) is 0 Å². The van der Waals surface area contributed by atoms with Crippen LogP contribution in [0.2, 0.25) is 4.08 Å². The van der Waals surface area contributed by atoms with E-state index in [0.717, 1.165) is 21.1 Å². The Labute approximate surface area is 140 Å². The molecule has 1 aromatic heterocycles. The van der Waals surface area contributed by atoms with Crippen LogP contribution in [0.4, 0.5) is 5.69 Å². The van der Waals surface area contributed by atoms with Crippen molar-refractivity contribution in [1.82, 2.24) is 4.98 Å². The molecule has 0 spiro atoms. The molecule has 6 nitrogen and oxygen atoms in total. The molecule has 21 heavy (non-hydrogen) atoms. The fraction of sp³-hybridized carbons (Fsp3) is 0.231. The maximum absolute atomic E-state index is 11.2. The third-order valence-corrected chi connectivity index (χ3v) is 4.80. The van der Waals surface area contributed by atoms with Crippen molar-refractivity contribution >= 4 is 48.1 Å². The SMILES string of the molecule is Cc1nc(-c2ccc([N+](=O)[O-])cc2)sc1COC(=O)[CH2][Po]. The van der Waals surface area contributed by atoms with Gasteiger partial charge in [-0.25, -0.2) is 0 Å². The summed E-state index contributed by atoms with van der Waals surface area (Å²) in [5.41, 5.74) is 1.67. The van der Waals surface area contributed by atoms with Gasteiger partial charge in [-0.15, -0.1) is 0 Å². The summed E-state index contributed by atoms with van der Waals surface area (Å²) in [5.74, 6) is -0.213. The Kier molecular flexibility index (Phi) is 5.37. The minimum absolute atomic E-state index is 0.0478. The Morgan fingerprint density at radius 1 is 1.43 bits per heavy atom. The number of aromatic nitrogens is 1. The third-order valence-electron chi connectivity index (χ3n) is 2.70. The number of benzene rings is 1. The van der Waals surface area contributed by atoms with E-state index in [1.807, 2.05) is 6.92 Å². The van der Waals surface area contributed by atoms with Gasteiger partial charge in [-0.05, 0) is 0 Å². The van der Waals surface area contributed by atoms with E-state index in [1.54, 1.807) is 12.1 Å². The van der Waals surface area contributed by atoms with E-state index in [4.69, 9.17) is 4.74 Å². The molecule has 1 heterocycles. The van der Waals surface area contributed by atoms with Gasteiger partial charge in [0.2, 0.25) is 0 Å². The summed E-state index contributed by atoms with van der Waals surface area (Å²) in [5, 5.41) is 11.4. The van der Waals surface area contributed by atoms with Crippen LogP contribution in [0.5, 0.6) is 0 Å². The van der Waals surface area contributed by atoms with Gasteiger partial charge in [0.25, 0.3) is 0 Å². The first-order valence-electron chi connectivity index (χ1n) is 5.96. The number of thiazole rings is 1. The van der Waals surface area contributed by atoms with Crippen molar-refractivity contribution < 1.29 is 14.5 Å². The number of nitro groups is 1.